The number of aliphatic imine (C=N–C) groups is 1. The monoisotopic (exact) mass is 358 g/mol. The number of rotatable bonds is 1. The van der Waals surface area contributed by atoms with Gasteiger partial charge >= 0.3 is 0 Å². The zero-order valence-electron chi connectivity index (χ0n) is 16.0. The van der Waals surface area contributed by atoms with Gasteiger partial charge in [-0.2, -0.15) is 0 Å². The van der Waals surface area contributed by atoms with Crippen LogP contribution in [0, 0.1) is 0 Å². The van der Waals surface area contributed by atoms with E-state index in [4.69, 9.17) is 14.5 Å². The summed E-state index contributed by atoms with van der Waals surface area (Å²) in [5.41, 5.74) is 2.34. The lowest BCUT2D eigenvalue weighted by Crippen LogP contribution is -2.61. The molecule has 0 saturated carbocycles. The lowest BCUT2D eigenvalue weighted by molar-refractivity contribution is 0.0824. The molecule has 3 aromatic carbocycles. The van der Waals surface area contributed by atoms with Crippen molar-refractivity contribution in [3.05, 3.63) is 60.2 Å². The molecule has 4 heteroatoms. The molecule has 0 N–H and O–H groups in total. The lowest BCUT2D eigenvalue weighted by atomic mass is 9.77. The third kappa shape index (κ3) is 1.90. The van der Waals surface area contributed by atoms with Crippen molar-refractivity contribution < 1.29 is 9.47 Å². The molecule has 4 nitrogen and oxygen atoms in total. The van der Waals surface area contributed by atoms with Gasteiger partial charge in [-0.25, -0.2) is 0 Å². The molecule has 136 valence electrons. The van der Waals surface area contributed by atoms with Crippen LogP contribution < -0.4 is 14.4 Å². The van der Waals surface area contributed by atoms with Crippen LogP contribution in [-0.4, -0.2) is 26.1 Å². The molecular weight excluding hydrogens is 336 g/mol. The maximum absolute atomic E-state index is 6.74. The highest BCUT2D eigenvalue weighted by Crippen LogP contribution is 2.54. The molecule has 0 bridgehead atoms. The predicted molar refractivity (Wildman–Crippen MR) is 110 cm³/mol. The molecule has 2 aliphatic heterocycles. The van der Waals surface area contributed by atoms with Crippen molar-refractivity contribution in [2.75, 3.05) is 19.1 Å². The van der Waals surface area contributed by atoms with Crippen LogP contribution in [0.1, 0.15) is 19.4 Å². The van der Waals surface area contributed by atoms with E-state index in [1.807, 2.05) is 24.4 Å². The Labute approximate surface area is 159 Å². The van der Waals surface area contributed by atoms with Gasteiger partial charge in [0.25, 0.3) is 0 Å². The van der Waals surface area contributed by atoms with Crippen LogP contribution in [0.15, 0.2) is 59.6 Å². The number of benzene rings is 3. The fourth-order valence-electron chi connectivity index (χ4n) is 4.56. The fraction of sp³-hybridized carbons (Fsp3) is 0.261. The maximum atomic E-state index is 6.74. The molecule has 0 amide bonds. The molecule has 27 heavy (non-hydrogen) atoms. The van der Waals surface area contributed by atoms with Crippen LogP contribution in [-0.2, 0) is 5.41 Å². The first-order chi connectivity index (χ1) is 13.0. The maximum Gasteiger partial charge on any atom is 0.228 e. The third-order valence-corrected chi connectivity index (χ3v) is 6.13. The Balaban J connectivity index is 1.74. The molecule has 1 spiro atoms. The number of nitrogens with zero attached hydrogens (tertiary/aromatic N) is 2. The van der Waals surface area contributed by atoms with Gasteiger partial charge in [0.15, 0.2) is 5.75 Å². The lowest BCUT2D eigenvalue weighted by Gasteiger charge is -2.45. The Bertz CT molecular complexity index is 1100. The van der Waals surface area contributed by atoms with Crippen LogP contribution >= 0.6 is 0 Å². The van der Waals surface area contributed by atoms with Crippen LogP contribution in [0.5, 0.6) is 11.5 Å². The molecule has 5 rings (SSSR count). The summed E-state index contributed by atoms with van der Waals surface area (Å²) in [7, 11) is 3.76. The molecule has 0 saturated heterocycles. The molecule has 1 unspecified atom stereocenters. The molecule has 2 aliphatic rings. The van der Waals surface area contributed by atoms with E-state index in [-0.39, 0.29) is 5.41 Å². The normalized spacial score (nSPS) is 21.9. The summed E-state index contributed by atoms with van der Waals surface area (Å²) in [6.45, 7) is 4.43. The second-order valence-corrected chi connectivity index (χ2v) is 7.73. The summed E-state index contributed by atoms with van der Waals surface area (Å²) in [5.74, 6) is 1.55. The van der Waals surface area contributed by atoms with E-state index in [9.17, 15) is 0 Å². The van der Waals surface area contributed by atoms with Crippen molar-refractivity contribution in [1.29, 1.82) is 0 Å². The molecule has 2 heterocycles. The first-order valence-corrected chi connectivity index (χ1v) is 9.17. The summed E-state index contributed by atoms with van der Waals surface area (Å²) >= 11 is 0. The van der Waals surface area contributed by atoms with Crippen molar-refractivity contribution in [2.45, 2.75) is 25.0 Å². The van der Waals surface area contributed by atoms with E-state index in [1.165, 1.54) is 11.3 Å². The SMILES string of the molecule is COc1cc2c(c3ccccc13)N=CC1(O2)N(C)c2ccccc2C1(C)C. The second kappa shape index (κ2) is 5.26. The third-order valence-electron chi connectivity index (χ3n) is 6.13. The Morgan fingerprint density at radius 1 is 1.00 bits per heavy atom. The number of methoxy groups -OCH3 is 1. The van der Waals surface area contributed by atoms with Gasteiger partial charge in [0.2, 0.25) is 5.72 Å². The minimum atomic E-state index is -0.683. The summed E-state index contributed by atoms with van der Waals surface area (Å²) in [4.78, 5) is 7.10. The van der Waals surface area contributed by atoms with Gasteiger partial charge in [0.1, 0.15) is 11.4 Å². The van der Waals surface area contributed by atoms with Gasteiger partial charge < -0.3 is 14.4 Å². The van der Waals surface area contributed by atoms with E-state index in [0.29, 0.717) is 0 Å². The van der Waals surface area contributed by atoms with Crippen LogP contribution in [0.2, 0.25) is 0 Å². The minimum Gasteiger partial charge on any atom is -0.496 e. The predicted octanol–water partition coefficient (Wildman–Crippen LogP) is 5.07. The Kier molecular flexibility index (Phi) is 3.15. The topological polar surface area (TPSA) is 34.1 Å². The van der Waals surface area contributed by atoms with Crippen molar-refractivity contribution in [2.24, 2.45) is 4.99 Å². The van der Waals surface area contributed by atoms with E-state index < -0.39 is 5.72 Å². The minimum absolute atomic E-state index is 0.265. The Morgan fingerprint density at radius 3 is 2.44 bits per heavy atom. The second-order valence-electron chi connectivity index (χ2n) is 7.73. The molecule has 0 aliphatic carbocycles. The van der Waals surface area contributed by atoms with Crippen LogP contribution in [0.4, 0.5) is 11.4 Å². The molecular formula is C23H22N2O2. The number of likely N-dealkylation sites (N-methyl/N-ethyl adjacent to an activating group) is 1. The van der Waals surface area contributed by atoms with E-state index in [0.717, 1.165) is 28.0 Å². The van der Waals surface area contributed by atoms with Crippen LogP contribution in [0.3, 0.4) is 0 Å². The largest absolute Gasteiger partial charge is 0.496 e. The van der Waals surface area contributed by atoms with E-state index in [2.05, 4.69) is 62.2 Å². The highest BCUT2D eigenvalue weighted by molar-refractivity contribution is 6.02. The van der Waals surface area contributed by atoms with Gasteiger partial charge in [-0.3, -0.25) is 4.99 Å². The number of hydrogen-bond donors (Lipinski definition) is 0. The molecule has 1 atom stereocenters. The van der Waals surface area contributed by atoms with E-state index in [1.54, 1.807) is 7.11 Å². The Hall–Kier alpha value is -3.01. The van der Waals surface area contributed by atoms with Gasteiger partial charge in [-0.05, 0) is 25.5 Å². The quantitative estimate of drug-likeness (QED) is 0.609. The molecule has 0 radical (unpaired) electrons. The number of hydrogen-bond acceptors (Lipinski definition) is 4. The van der Waals surface area contributed by atoms with Gasteiger partial charge in [0, 0.05) is 29.6 Å². The average molecular weight is 358 g/mol. The summed E-state index contributed by atoms with van der Waals surface area (Å²) in [5, 5.41) is 2.08. The standard InChI is InChI=1S/C23H22N2O2/c1-22(2)17-11-7-8-12-18(17)25(3)23(22)14-24-21-16-10-6-5-9-15(16)19(26-4)13-20(21)27-23/h5-14H,1-4H3. The number of ether oxygens (including phenoxy) is 2. The number of para-hydroxylation sites is 1. The molecule has 0 aromatic heterocycles. The van der Waals surface area contributed by atoms with Gasteiger partial charge in [-0.15, -0.1) is 0 Å². The number of fused-ring (bicyclic) bond motifs is 4. The smallest absolute Gasteiger partial charge is 0.228 e. The molecule has 3 aromatic rings. The average Bonchev–Trinajstić information content (AvgIpc) is 2.86. The van der Waals surface area contributed by atoms with Crippen molar-refractivity contribution in [3.63, 3.8) is 0 Å². The summed E-state index contributed by atoms with van der Waals surface area (Å²) in [6, 6.07) is 18.6. The molecule has 0 fully saturated rings. The highest BCUT2D eigenvalue weighted by Gasteiger charge is 2.58. The first kappa shape index (κ1) is 16.2. The van der Waals surface area contributed by atoms with Crippen molar-refractivity contribution in [3.8, 4) is 11.5 Å². The highest BCUT2D eigenvalue weighted by atomic mass is 16.5. The Morgan fingerprint density at radius 2 is 1.70 bits per heavy atom. The summed E-state index contributed by atoms with van der Waals surface area (Å²) < 4.78 is 12.4. The van der Waals surface area contributed by atoms with Crippen LogP contribution in [0.25, 0.3) is 10.8 Å². The van der Waals surface area contributed by atoms with Gasteiger partial charge in [0.05, 0.1) is 18.7 Å². The first-order valence-electron chi connectivity index (χ1n) is 9.17. The van der Waals surface area contributed by atoms with Crippen molar-refractivity contribution >= 4 is 28.4 Å². The summed E-state index contributed by atoms with van der Waals surface area (Å²) in [6.07, 6.45) is 1.97. The fourth-order valence-corrected chi connectivity index (χ4v) is 4.56. The van der Waals surface area contributed by atoms with Gasteiger partial charge in [-0.1, -0.05) is 42.5 Å². The van der Waals surface area contributed by atoms with Crippen molar-refractivity contribution in [1.82, 2.24) is 0 Å². The zero-order valence-corrected chi connectivity index (χ0v) is 16.0. The zero-order chi connectivity index (χ0) is 18.8. The number of anilines is 1. The van der Waals surface area contributed by atoms with E-state index >= 15 is 0 Å².